The third-order valence-corrected chi connectivity index (χ3v) is 3.48. The maximum absolute atomic E-state index is 13.4. The van der Waals surface area contributed by atoms with E-state index in [1.54, 1.807) is 12.1 Å². The van der Waals surface area contributed by atoms with Gasteiger partial charge in [-0.25, -0.2) is 4.39 Å². The summed E-state index contributed by atoms with van der Waals surface area (Å²) in [4.78, 5) is 10.8. The zero-order chi connectivity index (χ0) is 13.1. The first-order valence-corrected chi connectivity index (χ1v) is 6.18. The highest BCUT2D eigenvalue weighted by Crippen LogP contribution is 2.25. The smallest absolute Gasteiger partial charge is 0.324 e. The van der Waals surface area contributed by atoms with Gasteiger partial charge in [0.15, 0.2) is 0 Å². The van der Waals surface area contributed by atoms with Crippen LogP contribution in [0.15, 0.2) is 30.3 Å². The van der Waals surface area contributed by atoms with Crippen molar-refractivity contribution in [3.05, 3.63) is 56.2 Å². The molecule has 2 aromatic rings. The van der Waals surface area contributed by atoms with Crippen LogP contribution < -0.4 is 5.32 Å². The number of nitro groups is 1. The van der Waals surface area contributed by atoms with Gasteiger partial charge in [0.05, 0.1) is 10.6 Å². The molecule has 2 rings (SSSR count). The number of halogens is 2. The Labute approximate surface area is 111 Å². The Morgan fingerprint density at radius 3 is 2.78 bits per heavy atom. The number of rotatable bonds is 4. The molecular formula is C11H8ClFN2O2S. The van der Waals surface area contributed by atoms with E-state index in [9.17, 15) is 14.5 Å². The van der Waals surface area contributed by atoms with Gasteiger partial charge >= 0.3 is 5.00 Å². The van der Waals surface area contributed by atoms with Crippen molar-refractivity contribution in [1.82, 2.24) is 0 Å². The summed E-state index contributed by atoms with van der Waals surface area (Å²) in [6.45, 7) is 0.330. The first-order valence-electron chi connectivity index (χ1n) is 4.98. The summed E-state index contributed by atoms with van der Waals surface area (Å²) < 4.78 is 13.4. The molecule has 1 aromatic heterocycles. The van der Waals surface area contributed by atoms with Crippen LogP contribution in [-0.4, -0.2) is 4.92 Å². The highest BCUT2D eigenvalue weighted by molar-refractivity contribution is 7.15. The normalized spacial score (nSPS) is 10.3. The summed E-state index contributed by atoms with van der Waals surface area (Å²) in [6.07, 6.45) is 0. The van der Waals surface area contributed by atoms with E-state index < -0.39 is 10.7 Å². The first kappa shape index (κ1) is 12.8. The summed E-state index contributed by atoms with van der Waals surface area (Å²) in [5.41, 5.74) is 0.315. The van der Waals surface area contributed by atoms with Gasteiger partial charge < -0.3 is 5.32 Å². The largest absolute Gasteiger partial charge is 0.378 e. The molecule has 0 radical (unpaired) electrons. The van der Waals surface area contributed by atoms with Gasteiger partial charge in [-0.05, 0) is 24.3 Å². The molecule has 0 atom stereocenters. The van der Waals surface area contributed by atoms with Gasteiger partial charge in [-0.2, -0.15) is 0 Å². The summed E-state index contributed by atoms with van der Waals surface area (Å²) in [6, 6.07) is 7.38. The van der Waals surface area contributed by atoms with E-state index in [1.807, 2.05) is 0 Å². The fourth-order valence-corrected chi connectivity index (χ4v) is 2.29. The van der Waals surface area contributed by atoms with Crippen molar-refractivity contribution < 1.29 is 9.31 Å². The molecule has 1 aromatic carbocycles. The summed E-state index contributed by atoms with van der Waals surface area (Å²) in [5.74, 6) is -0.450. The van der Waals surface area contributed by atoms with E-state index in [0.29, 0.717) is 17.3 Å². The lowest BCUT2D eigenvalue weighted by Gasteiger charge is -2.05. The average molecular weight is 287 g/mol. The molecule has 0 saturated heterocycles. The third kappa shape index (κ3) is 2.96. The van der Waals surface area contributed by atoms with Crippen LogP contribution in [0.4, 0.5) is 15.1 Å². The Bertz CT molecular complexity index is 588. The molecule has 0 unspecified atom stereocenters. The monoisotopic (exact) mass is 286 g/mol. The van der Waals surface area contributed by atoms with Crippen molar-refractivity contribution in [2.45, 2.75) is 6.54 Å². The Hall–Kier alpha value is -1.66. The van der Waals surface area contributed by atoms with Crippen LogP contribution in [0.5, 0.6) is 0 Å². The summed E-state index contributed by atoms with van der Waals surface area (Å²) >= 11 is 6.69. The highest BCUT2D eigenvalue weighted by atomic mass is 35.5. The molecule has 0 aliphatic rings. The molecule has 18 heavy (non-hydrogen) atoms. The van der Waals surface area contributed by atoms with E-state index in [-0.39, 0.29) is 5.00 Å². The van der Waals surface area contributed by atoms with Gasteiger partial charge in [0.2, 0.25) is 0 Å². The van der Waals surface area contributed by atoms with Gasteiger partial charge in [0, 0.05) is 22.5 Å². The maximum atomic E-state index is 13.4. The minimum absolute atomic E-state index is 0.0726. The van der Waals surface area contributed by atoms with Crippen molar-refractivity contribution in [3.63, 3.8) is 0 Å². The van der Waals surface area contributed by atoms with Crippen LogP contribution in [0.1, 0.15) is 4.88 Å². The van der Waals surface area contributed by atoms with Gasteiger partial charge in [-0.1, -0.05) is 22.9 Å². The molecule has 0 bridgehead atoms. The molecule has 1 N–H and O–H groups in total. The molecule has 0 amide bonds. The predicted octanol–water partition coefficient (Wildman–Crippen LogP) is 4.06. The molecule has 0 fully saturated rings. The minimum Gasteiger partial charge on any atom is -0.378 e. The van der Waals surface area contributed by atoms with Crippen LogP contribution >= 0.6 is 22.9 Å². The van der Waals surface area contributed by atoms with Crippen LogP contribution in [0.2, 0.25) is 5.02 Å². The van der Waals surface area contributed by atoms with E-state index in [2.05, 4.69) is 5.32 Å². The van der Waals surface area contributed by atoms with E-state index in [1.165, 1.54) is 18.2 Å². The van der Waals surface area contributed by atoms with Gasteiger partial charge in [-0.3, -0.25) is 10.1 Å². The molecule has 4 nitrogen and oxygen atoms in total. The van der Waals surface area contributed by atoms with Crippen molar-refractivity contribution in [2.24, 2.45) is 0 Å². The molecular weight excluding hydrogens is 279 g/mol. The second-order valence-corrected chi connectivity index (χ2v) is 5.06. The topological polar surface area (TPSA) is 55.2 Å². The first-order chi connectivity index (χ1) is 8.56. The number of anilines is 1. The van der Waals surface area contributed by atoms with Gasteiger partial charge in [-0.15, -0.1) is 0 Å². The Balaban J connectivity index is 2.04. The van der Waals surface area contributed by atoms with Crippen molar-refractivity contribution in [2.75, 3.05) is 5.32 Å². The number of nitrogens with zero attached hydrogens (tertiary/aromatic N) is 1. The number of benzene rings is 1. The Morgan fingerprint density at radius 1 is 1.39 bits per heavy atom. The van der Waals surface area contributed by atoms with Crippen LogP contribution in [0.25, 0.3) is 0 Å². The average Bonchev–Trinajstić information content (AvgIpc) is 2.76. The molecule has 0 aliphatic heterocycles. The third-order valence-electron chi connectivity index (χ3n) is 2.21. The van der Waals surface area contributed by atoms with Gasteiger partial charge in [0.1, 0.15) is 5.82 Å². The molecule has 7 heteroatoms. The van der Waals surface area contributed by atoms with E-state index in [0.717, 1.165) is 16.2 Å². The van der Waals surface area contributed by atoms with Crippen LogP contribution in [0, 0.1) is 15.9 Å². The van der Waals surface area contributed by atoms with Crippen molar-refractivity contribution >= 4 is 33.6 Å². The lowest BCUT2D eigenvalue weighted by molar-refractivity contribution is -0.380. The molecule has 0 aliphatic carbocycles. The fourth-order valence-electron chi connectivity index (χ4n) is 1.37. The minimum atomic E-state index is -0.450. The maximum Gasteiger partial charge on any atom is 0.324 e. The zero-order valence-corrected chi connectivity index (χ0v) is 10.6. The van der Waals surface area contributed by atoms with E-state index >= 15 is 0 Å². The van der Waals surface area contributed by atoms with Crippen molar-refractivity contribution in [3.8, 4) is 0 Å². The summed E-state index contributed by atoms with van der Waals surface area (Å²) in [5, 5.41) is 13.8. The second kappa shape index (κ2) is 5.32. The second-order valence-electron chi connectivity index (χ2n) is 3.47. The Morgan fingerprint density at radius 2 is 2.17 bits per heavy atom. The van der Waals surface area contributed by atoms with E-state index in [4.69, 9.17) is 11.6 Å². The fraction of sp³-hybridized carbons (Fsp3) is 0.0909. The Kier molecular flexibility index (Phi) is 3.78. The SMILES string of the molecule is O=[N+]([O-])c1ccc(CNc2ccc(Cl)cc2F)s1. The number of thiophene rings is 1. The lowest BCUT2D eigenvalue weighted by atomic mass is 10.3. The molecule has 94 valence electrons. The predicted molar refractivity (Wildman–Crippen MR) is 69.7 cm³/mol. The number of hydrogen-bond donors (Lipinski definition) is 1. The highest BCUT2D eigenvalue weighted by Gasteiger charge is 2.10. The standard InChI is InChI=1S/C11H8ClFN2O2S/c12-7-1-3-10(9(13)5-7)14-6-8-2-4-11(18-8)15(16)17/h1-5,14H,6H2. The van der Waals surface area contributed by atoms with Gasteiger partial charge in [0.25, 0.3) is 0 Å². The van der Waals surface area contributed by atoms with Crippen molar-refractivity contribution in [1.29, 1.82) is 0 Å². The van der Waals surface area contributed by atoms with Crippen LogP contribution in [-0.2, 0) is 6.54 Å². The molecule has 0 spiro atoms. The zero-order valence-electron chi connectivity index (χ0n) is 9.02. The summed E-state index contributed by atoms with van der Waals surface area (Å²) in [7, 11) is 0. The molecule has 1 heterocycles. The number of hydrogen-bond acceptors (Lipinski definition) is 4. The number of nitrogens with one attached hydrogen (secondary N) is 1. The quantitative estimate of drug-likeness (QED) is 0.681. The van der Waals surface area contributed by atoms with Crippen LogP contribution in [0.3, 0.4) is 0 Å². The molecule has 0 saturated carbocycles. The lowest BCUT2D eigenvalue weighted by Crippen LogP contribution is -1.99.